The zero-order valence-electron chi connectivity index (χ0n) is 10.8. The highest BCUT2D eigenvalue weighted by atomic mass is 15.2. The summed E-state index contributed by atoms with van der Waals surface area (Å²) in [5, 5.41) is 0. The summed E-state index contributed by atoms with van der Waals surface area (Å²) < 4.78 is 0. The Bertz CT molecular complexity index is 493. The molecule has 0 bridgehead atoms. The van der Waals surface area contributed by atoms with Crippen LogP contribution < -0.4 is 11.3 Å². The van der Waals surface area contributed by atoms with Gasteiger partial charge in [0.2, 0.25) is 0 Å². The van der Waals surface area contributed by atoms with Gasteiger partial charge < -0.3 is 0 Å². The second-order valence-electron chi connectivity index (χ2n) is 4.49. The molecule has 96 valence electrons. The summed E-state index contributed by atoms with van der Waals surface area (Å²) in [6.07, 6.45) is 8.09. The van der Waals surface area contributed by atoms with Crippen LogP contribution >= 0.6 is 0 Å². The van der Waals surface area contributed by atoms with E-state index in [4.69, 9.17) is 5.84 Å². The standard InChI is InChI=1S/C14H20N4/c1-2-3-4-7-12(18-15)11-6-5-8-13-14(11)17-10-9-16-13/h5-6,8-10,12,18H,2-4,7,15H2,1H3. The molecule has 0 saturated carbocycles. The normalized spacial score (nSPS) is 12.8. The largest absolute Gasteiger partial charge is 0.271 e. The highest BCUT2D eigenvalue weighted by Gasteiger charge is 2.13. The van der Waals surface area contributed by atoms with Crippen molar-refractivity contribution in [3.63, 3.8) is 0 Å². The third-order valence-electron chi connectivity index (χ3n) is 3.20. The molecule has 1 atom stereocenters. The Morgan fingerprint density at radius 1 is 1.22 bits per heavy atom. The summed E-state index contributed by atoms with van der Waals surface area (Å²) in [5.74, 6) is 5.68. The lowest BCUT2D eigenvalue weighted by molar-refractivity contribution is 0.489. The first-order chi connectivity index (χ1) is 8.86. The quantitative estimate of drug-likeness (QED) is 0.466. The lowest BCUT2D eigenvalue weighted by Crippen LogP contribution is -2.28. The fraction of sp³-hybridized carbons (Fsp3) is 0.429. The van der Waals surface area contributed by atoms with Crippen molar-refractivity contribution in [3.8, 4) is 0 Å². The van der Waals surface area contributed by atoms with E-state index in [1.807, 2.05) is 12.1 Å². The number of rotatable bonds is 6. The molecule has 1 aromatic carbocycles. The van der Waals surface area contributed by atoms with Gasteiger partial charge in [-0.3, -0.25) is 21.2 Å². The number of fused-ring (bicyclic) bond motifs is 1. The number of benzene rings is 1. The van der Waals surface area contributed by atoms with Gasteiger partial charge in [-0.2, -0.15) is 0 Å². The number of hydrogen-bond acceptors (Lipinski definition) is 4. The van der Waals surface area contributed by atoms with Crippen LogP contribution in [0.1, 0.15) is 44.2 Å². The van der Waals surface area contributed by atoms with E-state index < -0.39 is 0 Å². The van der Waals surface area contributed by atoms with Gasteiger partial charge in [0.1, 0.15) is 0 Å². The van der Waals surface area contributed by atoms with E-state index in [2.05, 4.69) is 28.4 Å². The molecule has 0 saturated heterocycles. The molecular weight excluding hydrogens is 224 g/mol. The maximum atomic E-state index is 5.68. The van der Waals surface area contributed by atoms with Crippen molar-refractivity contribution in [1.29, 1.82) is 0 Å². The Labute approximate surface area is 108 Å². The smallest absolute Gasteiger partial charge is 0.0935 e. The zero-order valence-corrected chi connectivity index (χ0v) is 10.8. The maximum absolute atomic E-state index is 5.68. The molecule has 3 N–H and O–H groups in total. The van der Waals surface area contributed by atoms with E-state index in [0.29, 0.717) is 0 Å². The van der Waals surface area contributed by atoms with Gasteiger partial charge in [0.25, 0.3) is 0 Å². The van der Waals surface area contributed by atoms with Crippen LogP contribution in [-0.4, -0.2) is 9.97 Å². The number of aromatic nitrogens is 2. The Hall–Kier alpha value is -1.52. The van der Waals surface area contributed by atoms with Crippen LogP contribution in [0.15, 0.2) is 30.6 Å². The minimum atomic E-state index is 0.150. The number of unbranched alkanes of at least 4 members (excludes halogenated alkanes) is 2. The number of nitrogens with zero attached hydrogens (tertiary/aromatic N) is 2. The SMILES string of the molecule is CCCCCC(NN)c1cccc2nccnc12. The van der Waals surface area contributed by atoms with Gasteiger partial charge in [-0.15, -0.1) is 0 Å². The molecule has 18 heavy (non-hydrogen) atoms. The number of hydrogen-bond donors (Lipinski definition) is 2. The van der Waals surface area contributed by atoms with Gasteiger partial charge in [-0.25, -0.2) is 0 Å². The van der Waals surface area contributed by atoms with Crippen molar-refractivity contribution >= 4 is 11.0 Å². The minimum Gasteiger partial charge on any atom is -0.271 e. The molecule has 1 heterocycles. The molecule has 0 radical (unpaired) electrons. The third-order valence-corrected chi connectivity index (χ3v) is 3.20. The minimum absolute atomic E-state index is 0.150. The van der Waals surface area contributed by atoms with E-state index in [1.165, 1.54) is 19.3 Å². The fourth-order valence-electron chi connectivity index (χ4n) is 2.22. The highest BCUT2D eigenvalue weighted by Crippen LogP contribution is 2.24. The van der Waals surface area contributed by atoms with Crippen molar-refractivity contribution in [3.05, 3.63) is 36.2 Å². The topological polar surface area (TPSA) is 63.8 Å². The van der Waals surface area contributed by atoms with Crippen LogP contribution in [0.5, 0.6) is 0 Å². The van der Waals surface area contributed by atoms with Gasteiger partial charge in [0.15, 0.2) is 0 Å². The Balaban J connectivity index is 2.27. The zero-order chi connectivity index (χ0) is 12.8. The third kappa shape index (κ3) is 2.83. The van der Waals surface area contributed by atoms with Gasteiger partial charge >= 0.3 is 0 Å². The summed E-state index contributed by atoms with van der Waals surface area (Å²) in [4.78, 5) is 8.74. The number of hydrazine groups is 1. The van der Waals surface area contributed by atoms with Crippen molar-refractivity contribution < 1.29 is 0 Å². The number of para-hydroxylation sites is 1. The molecule has 4 nitrogen and oxygen atoms in total. The first-order valence-corrected chi connectivity index (χ1v) is 6.52. The maximum Gasteiger partial charge on any atom is 0.0935 e. The van der Waals surface area contributed by atoms with E-state index in [0.717, 1.165) is 23.0 Å². The summed E-state index contributed by atoms with van der Waals surface area (Å²) in [5.41, 5.74) is 5.91. The van der Waals surface area contributed by atoms with Crippen LogP contribution in [-0.2, 0) is 0 Å². The van der Waals surface area contributed by atoms with Gasteiger partial charge in [0, 0.05) is 18.4 Å². The van der Waals surface area contributed by atoms with Gasteiger partial charge in [-0.05, 0) is 18.1 Å². The molecule has 0 aliphatic rings. The number of nitrogens with one attached hydrogen (secondary N) is 1. The highest BCUT2D eigenvalue weighted by molar-refractivity contribution is 5.78. The molecule has 2 aromatic rings. The van der Waals surface area contributed by atoms with Gasteiger partial charge in [-0.1, -0.05) is 38.3 Å². The Morgan fingerprint density at radius 2 is 2.06 bits per heavy atom. The average Bonchev–Trinajstić information content (AvgIpc) is 2.43. The van der Waals surface area contributed by atoms with Crippen LogP contribution in [0.2, 0.25) is 0 Å². The van der Waals surface area contributed by atoms with Crippen molar-refractivity contribution in [1.82, 2.24) is 15.4 Å². The fourth-order valence-corrected chi connectivity index (χ4v) is 2.22. The van der Waals surface area contributed by atoms with Crippen LogP contribution in [0, 0.1) is 0 Å². The first-order valence-electron chi connectivity index (χ1n) is 6.52. The molecule has 4 heteroatoms. The monoisotopic (exact) mass is 244 g/mol. The second kappa shape index (κ2) is 6.42. The van der Waals surface area contributed by atoms with Crippen LogP contribution in [0.25, 0.3) is 11.0 Å². The summed E-state index contributed by atoms with van der Waals surface area (Å²) in [6, 6.07) is 6.21. The van der Waals surface area contributed by atoms with Crippen LogP contribution in [0.3, 0.4) is 0 Å². The average molecular weight is 244 g/mol. The molecular formula is C14H20N4. The number of nitrogens with two attached hydrogens (primary N) is 1. The predicted molar refractivity (Wildman–Crippen MR) is 73.7 cm³/mol. The van der Waals surface area contributed by atoms with Gasteiger partial charge in [0.05, 0.1) is 11.0 Å². The lowest BCUT2D eigenvalue weighted by atomic mass is 9.99. The molecule has 1 aromatic heterocycles. The molecule has 2 rings (SSSR count). The second-order valence-corrected chi connectivity index (χ2v) is 4.49. The van der Waals surface area contributed by atoms with E-state index >= 15 is 0 Å². The Kier molecular flexibility index (Phi) is 4.61. The summed E-state index contributed by atoms with van der Waals surface area (Å²) in [7, 11) is 0. The molecule has 1 unspecified atom stereocenters. The first kappa shape index (κ1) is 12.9. The van der Waals surface area contributed by atoms with E-state index in [-0.39, 0.29) is 6.04 Å². The van der Waals surface area contributed by atoms with Crippen molar-refractivity contribution in [2.24, 2.45) is 5.84 Å². The molecule has 0 aliphatic carbocycles. The molecule has 0 aliphatic heterocycles. The van der Waals surface area contributed by atoms with Crippen LogP contribution in [0.4, 0.5) is 0 Å². The molecule has 0 amide bonds. The molecule has 0 spiro atoms. The van der Waals surface area contributed by atoms with E-state index in [1.54, 1.807) is 12.4 Å². The predicted octanol–water partition coefficient (Wildman–Crippen LogP) is 2.71. The summed E-state index contributed by atoms with van der Waals surface area (Å²) in [6.45, 7) is 2.20. The van der Waals surface area contributed by atoms with Crippen molar-refractivity contribution in [2.45, 2.75) is 38.6 Å². The van der Waals surface area contributed by atoms with E-state index in [9.17, 15) is 0 Å². The van der Waals surface area contributed by atoms with Crippen molar-refractivity contribution in [2.75, 3.05) is 0 Å². The molecule has 0 fully saturated rings. The Morgan fingerprint density at radius 3 is 2.83 bits per heavy atom. The summed E-state index contributed by atoms with van der Waals surface area (Å²) >= 11 is 0. The lowest BCUT2D eigenvalue weighted by Gasteiger charge is -2.17.